The fraction of sp³-hybridized carbons (Fsp3) is 0.174. The molecule has 3 aromatic carbocycles. The largest absolute Gasteiger partial charge is 0.325 e. The highest BCUT2D eigenvalue weighted by molar-refractivity contribution is 7.89. The zero-order valence-electron chi connectivity index (χ0n) is 16.3. The van der Waals surface area contributed by atoms with Crippen LogP contribution in [0.2, 0.25) is 5.02 Å². The van der Waals surface area contributed by atoms with Crippen molar-refractivity contribution in [1.82, 2.24) is 4.72 Å². The summed E-state index contributed by atoms with van der Waals surface area (Å²) in [5, 5.41) is 3.26. The van der Waals surface area contributed by atoms with E-state index in [1.54, 1.807) is 48.5 Å². The average Bonchev–Trinajstić information content (AvgIpc) is 2.75. The Morgan fingerprint density at radius 1 is 0.800 bits per heavy atom. The number of amides is 1. The summed E-state index contributed by atoms with van der Waals surface area (Å²) in [5.41, 5.74) is 2.53. The molecule has 0 aromatic heterocycles. The molecule has 156 valence electrons. The van der Waals surface area contributed by atoms with Crippen LogP contribution in [0.1, 0.15) is 17.5 Å². The highest BCUT2D eigenvalue weighted by atomic mass is 35.5. The molecule has 0 saturated heterocycles. The third kappa shape index (κ3) is 6.42. The molecule has 0 heterocycles. The molecular weight excluding hydrogens is 420 g/mol. The first kappa shape index (κ1) is 22.0. The zero-order chi connectivity index (χ0) is 21.4. The Morgan fingerprint density at radius 2 is 1.43 bits per heavy atom. The molecule has 0 spiro atoms. The van der Waals surface area contributed by atoms with Gasteiger partial charge in [-0.25, -0.2) is 13.1 Å². The zero-order valence-corrected chi connectivity index (χ0v) is 17.9. The molecule has 1 amide bonds. The number of nitrogens with one attached hydrogen (secondary N) is 2. The van der Waals surface area contributed by atoms with Crippen molar-refractivity contribution in [3.63, 3.8) is 0 Å². The Balaban J connectivity index is 1.50. The molecule has 2 N–H and O–H groups in total. The fourth-order valence-corrected chi connectivity index (χ4v) is 4.14. The Labute approximate surface area is 182 Å². The molecule has 0 unspecified atom stereocenters. The number of rotatable bonds is 9. The lowest BCUT2D eigenvalue weighted by Crippen LogP contribution is -2.26. The number of anilines is 1. The standard InChI is InChI=1S/C23H23ClN2O3S/c24-21-8-4-5-9-22(21)26-23(27)15-12-19-10-13-20(14-11-19)30(28,29)25-17-16-18-6-2-1-3-7-18/h1-11,13-14,25H,12,15-17H2,(H,26,27). The van der Waals surface area contributed by atoms with Gasteiger partial charge in [-0.2, -0.15) is 0 Å². The maximum Gasteiger partial charge on any atom is 0.240 e. The van der Waals surface area contributed by atoms with Crippen LogP contribution in [0.4, 0.5) is 5.69 Å². The van der Waals surface area contributed by atoms with Gasteiger partial charge in [0.1, 0.15) is 0 Å². The molecule has 30 heavy (non-hydrogen) atoms. The van der Waals surface area contributed by atoms with Crippen LogP contribution in [0.3, 0.4) is 0 Å². The molecule has 0 bridgehead atoms. The first-order valence-corrected chi connectivity index (χ1v) is 11.5. The lowest BCUT2D eigenvalue weighted by molar-refractivity contribution is -0.116. The number of benzene rings is 3. The molecule has 0 saturated carbocycles. The van der Waals surface area contributed by atoms with E-state index in [4.69, 9.17) is 11.6 Å². The quantitative estimate of drug-likeness (QED) is 0.514. The lowest BCUT2D eigenvalue weighted by Gasteiger charge is -2.09. The number of hydrogen-bond acceptors (Lipinski definition) is 3. The van der Waals surface area contributed by atoms with Gasteiger partial charge in [-0.05, 0) is 48.2 Å². The van der Waals surface area contributed by atoms with Crippen molar-refractivity contribution in [2.75, 3.05) is 11.9 Å². The minimum absolute atomic E-state index is 0.151. The third-order valence-electron chi connectivity index (χ3n) is 4.57. The Morgan fingerprint density at radius 3 is 2.13 bits per heavy atom. The summed E-state index contributed by atoms with van der Waals surface area (Å²) in [6, 6.07) is 23.3. The van der Waals surface area contributed by atoms with Gasteiger partial charge in [-0.15, -0.1) is 0 Å². The van der Waals surface area contributed by atoms with Crippen LogP contribution in [0.15, 0.2) is 83.8 Å². The van der Waals surface area contributed by atoms with Crippen LogP contribution >= 0.6 is 11.6 Å². The number of para-hydroxylation sites is 1. The fourth-order valence-electron chi connectivity index (χ4n) is 2.93. The molecule has 7 heteroatoms. The highest BCUT2D eigenvalue weighted by Crippen LogP contribution is 2.20. The minimum atomic E-state index is -3.57. The minimum Gasteiger partial charge on any atom is -0.325 e. The van der Waals surface area contributed by atoms with Crippen molar-refractivity contribution in [3.05, 3.63) is 95.0 Å². The van der Waals surface area contributed by atoms with Gasteiger partial charge in [0, 0.05) is 13.0 Å². The summed E-state index contributed by atoms with van der Waals surface area (Å²) < 4.78 is 27.5. The van der Waals surface area contributed by atoms with Crippen LogP contribution in [-0.2, 0) is 27.7 Å². The van der Waals surface area contributed by atoms with Crippen molar-refractivity contribution >= 4 is 33.2 Å². The number of halogens is 1. The normalized spacial score (nSPS) is 11.2. The van der Waals surface area contributed by atoms with Crippen molar-refractivity contribution in [2.24, 2.45) is 0 Å². The van der Waals surface area contributed by atoms with Crippen molar-refractivity contribution in [2.45, 2.75) is 24.2 Å². The first-order chi connectivity index (χ1) is 14.4. The van der Waals surface area contributed by atoms with Crippen molar-refractivity contribution in [1.29, 1.82) is 0 Å². The predicted octanol–water partition coefficient (Wildman–Crippen LogP) is 4.43. The number of hydrogen-bond donors (Lipinski definition) is 2. The van der Waals surface area contributed by atoms with E-state index in [0.29, 0.717) is 30.1 Å². The van der Waals surface area contributed by atoms with Crippen LogP contribution in [0, 0.1) is 0 Å². The monoisotopic (exact) mass is 442 g/mol. The number of sulfonamides is 1. The predicted molar refractivity (Wildman–Crippen MR) is 120 cm³/mol. The molecule has 3 rings (SSSR count). The van der Waals surface area contributed by atoms with Crippen LogP contribution < -0.4 is 10.0 Å². The highest BCUT2D eigenvalue weighted by Gasteiger charge is 2.13. The first-order valence-electron chi connectivity index (χ1n) is 9.61. The lowest BCUT2D eigenvalue weighted by atomic mass is 10.1. The van der Waals surface area contributed by atoms with E-state index in [1.165, 1.54) is 0 Å². The topological polar surface area (TPSA) is 75.3 Å². The maximum atomic E-state index is 12.4. The molecule has 0 aliphatic heterocycles. The SMILES string of the molecule is O=C(CCc1ccc(S(=O)(=O)NCCc2ccccc2)cc1)Nc1ccccc1Cl. The van der Waals surface area contributed by atoms with Crippen LogP contribution in [-0.4, -0.2) is 20.9 Å². The Kier molecular flexibility index (Phi) is 7.63. The second kappa shape index (κ2) is 10.4. The summed E-state index contributed by atoms with van der Waals surface area (Å²) in [6.45, 7) is 0.330. The Hall–Kier alpha value is -2.67. The van der Waals surface area contributed by atoms with E-state index in [0.717, 1.165) is 11.1 Å². The van der Waals surface area contributed by atoms with Gasteiger partial charge in [0.25, 0.3) is 0 Å². The van der Waals surface area contributed by atoms with Gasteiger partial charge >= 0.3 is 0 Å². The second-order valence-electron chi connectivity index (χ2n) is 6.81. The molecular formula is C23H23ClN2O3S. The number of aryl methyl sites for hydroxylation is 1. The van der Waals surface area contributed by atoms with Crippen LogP contribution in [0.5, 0.6) is 0 Å². The maximum absolute atomic E-state index is 12.4. The Bertz CT molecular complexity index is 1080. The summed E-state index contributed by atoms with van der Waals surface area (Å²) >= 11 is 6.04. The van der Waals surface area contributed by atoms with Gasteiger partial charge in [0.2, 0.25) is 15.9 Å². The van der Waals surface area contributed by atoms with Crippen LogP contribution in [0.25, 0.3) is 0 Å². The third-order valence-corrected chi connectivity index (χ3v) is 6.38. The van der Waals surface area contributed by atoms with Gasteiger partial charge < -0.3 is 5.32 Å². The van der Waals surface area contributed by atoms with Gasteiger partial charge in [0.15, 0.2) is 0 Å². The summed E-state index contributed by atoms with van der Waals surface area (Å²) in [4.78, 5) is 12.3. The summed E-state index contributed by atoms with van der Waals surface area (Å²) in [6.07, 6.45) is 1.39. The smallest absolute Gasteiger partial charge is 0.240 e. The van der Waals surface area contributed by atoms with E-state index in [1.807, 2.05) is 30.3 Å². The van der Waals surface area contributed by atoms with E-state index in [-0.39, 0.29) is 17.2 Å². The molecule has 0 aliphatic carbocycles. The average molecular weight is 443 g/mol. The van der Waals surface area contributed by atoms with E-state index >= 15 is 0 Å². The number of carbonyl (C=O) groups excluding carboxylic acids is 1. The summed E-state index contributed by atoms with van der Waals surface area (Å²) in [5.74, 6) is -0.151. The van der Waals surface area contributed by atoms with Gasteiger partial charge in [-0.3, -0.25) is 4.79 Å². The van der Waals surface area contributed by atoms with Gasteiger partial charge in [-0.1, -0.05) is 66.2 Å². The van der Waals surface area contributed by atoms with E-state index in [2.05, 4.69) is 10.0 Å². The molecule has 3 aromatic rings. The summed E-state index contributed by atoms with van der Waals surface area (Å²) in [7, 11) is -3.57. The van der Waals surface area contributed by atoms with E-state index < -0.39 is 10.0 Å². The second-order valence-corrected chi connectivity index (χ2v) is 8.98. The van der Waals surface area contributed by atoms with Crippen molar-refractivity contribution in [3.8, 4) is 0 Å². The molecule has 0 fully saturated rings. The van der Waals surface area contributed by atoms with Gasteiger partial charge in [0.05, 0.1) is 15.6 Å². The molecule has 0 atom stereocenters. The van der Waals surface area contributed by atoms with Crippen molar-refractivity contribution < 1.29 is 13.2 Å². The molecule has 0 radical (unpaired) electrons. The number of carbonyl (C=O) groups is 1. The molecule has 5 nitrogen and oxygen atoms in total. The molecule has 0 aliphatic rings. The van der Waals surface area contributed by atoms with E-state index in [9.17, 15) is 13.2 Å².